The highest BCUT2D eigenvalue weighted by molar-refractivity contribution is 8.02. The predicted octanol–water partition coefficient (Wildman–Crippen LogP) is 2.18. The summed E-state index contributed by atoms with van der Waals surface area (Å²) in [5, 5.41) is 15.0. The van der Waals surface area contributed by atoms with Gasteiger partial charge in [-0.1, -0.05) is 6.08 Å². The van der Waals surface area contributed by atoms with E-state index in [9.17, 15) is 9.59 Å². The minimum absolute atomic E-state index is 0.200. The lowest BCUT2D eigenvalue weighted by atomic mass is 10.2. The third-order valence-electron chi connectivity index (χ3n) is 4.49. The summed E-state index contributed by atoms with van der Waals surface area (Å²) in [5.41, 5.74) is 2.54. The molecule has 3 N–H and O–H groups in total. The van der Waals surface area contributed by atoms with Gasteiger partial charge in [-0.2, -0.15) is 9.61 Å². The largest absolute Gasteiger partial charge is 0.367 e. The molecule has 1 unspecified atom stereocenters. The molecule has 8 nitrogen and oxygen atoms in total. The Morgan fingerprint density at radius 3 is 2.88 bits per heavy atom. The van der Waals surface area contributed by atoms with Gasteiger partial charge in [0.05, 0.1) is 17.1 Å². The van der Waals surface area contributed by atoms with E-state index in [1.807, 2.05) is 0 Å². The van der Waals surface area contributed by atoms with Gasteiger partial charge >= 0.3 is 6.03 Å². The number of allylic oxidation sites excluding steroid dienone is 1. The molecular formula is C17H16N6O2S. The average molecular weight is 368 g/mol. The molecule has 0 radical (unpaired) electrons. The van der Waals surface area contributed by atoms with Crippen molar-refractivity contribution in [1.82, 2.24) is 25.2 Å². The van der Waals surface area contributed by atoms with Gasteiger partial charge in [0, 0.05) is 17.7 Å². The van der Waals surface area contributed by atoms with Crippen LogP contribution < -0.4 is 16.0 Å². The van der Waals surface area contributed by atoms with Gasteiger partial charge in [0.1, 0.15) is 11.5 Å². The molecule has 0 spiro atoms. The summed E-state index contributed by atoms with van der Waals surface area (Å²) in [4.78, 5) is 27.9. The average Bonchev–Trinajstić information content (AvgIpc) is 3.01. The number of fused-ring (bicyclic) bond motifs is 1. The third kappa shape index (κ3) is 2.74. The van der Waals surface area contributed by atoms with Crippen molar-refractivity contribution in [2.45, 2.75) is 30.6 Å². The SMILES string of the molecule is O=C1NC(=O)/C(=C/c2cnn3c(NC4CC4)cc(C4CC=CS4)nc23)N1. The van der Waals surface area contributed by atoms with E-state index in [0.29, 0.717) is 17.3 Å². The third-order valence-corrected chi connectivity index (χ3v) is 5.60. The van der Waals surface area contributed by atoms with Gasteiger partial charge < -0.3 is 10.6 Å². The van der Waals surface area contributed by atoms with E-state index < -0.39 is 11.9 Å². The molecule has 1 atom stereocenters. The highest BCUT2D eigenvalue weighted by Crippen LogP contribution is 2.39. The van der Waals surface area contributed by atoms with Crippen LogP contribution in [0.1, 0.15) is 35.8 Å². The second-order valence-corrected chi connectivity index (χ2v) is 7.63. The highest BCUT2D eigenvalue weighted by Gasteiger charge is 2.26. The van der Waals surface area contributed by atoms with Crippen LogP contribution in [-0.2, 0) is 4.79 Å². The van der Waals surface area contributed by atoms with Crippen LogP contribution in [0.3, 0.4) is 0 Å². The van der Waals surface area contributed by atoms with E-state index in [-0.39, 0.29) is 10.9 Å². The summed E-state index contributed by atoms with van der Waals surface area (Å²) >= 11 is 1.75. The normalized spacial score (nSPS) is 23.7. The van der Waals surface area contributed by atoms with E-state index in [2.05, 4.69) is 38.6 Å². The smallest absolute Gasteiger partial charge is 0.326 e. The zero-order valence-corrected chi connectivity index (χ0v) is 14.5. The van der Waals surface area contributed by atoms with Gasteiger partial charge in [-0.3, -0.25) is 10.1 Å². The first kappa shape index (κ1) is 15.4. The number of carbonyl (C=O) groups excluding carboxylic acids is 2. The lowest BCUT2D eigenvalue weighted by Gasteiger charge is -2.13. The number of anilines is 1. The maximum absolute atomic E-state index is 11.8. The molecular weight excluding hydrogens is 352 g/mol. The molecule has 4 heterocycles. The summed E-state index contributed by atoms with van der Waals surface area (Å²) in [6.07, 6.45) is 8.68. The molecule has 5 rings (SSSR count). The molecule has 3 amide bonds. The van der Waals surface area contributed by atoms with Gasteiger partial charge in [0.25, 0.3) is 5.91 Å². The number of aromatic nitrogens is 3. The second kappa shape index (κ2) is 5.87. The summed E-state index contributed by atoms with van der Waals surface area (Å²) in [5.74, 6) is 0.460. The number of urea groups is 1. The molecule has 0 aromatic carbocycles. The van der Waals surface area contributed by atoms with Crippen LogP contribution in [0.15, 0.2) is 29.4 Å². The van der Waals surface area contributed by atoms with Gasteiger partial charge in [-0.25, -0.2) is 9.78 Å². The lowest BCUT2D eigenvalue weighted by Crippen LogP contribution is -2.22. The standard InChI is InChI=1S/C17H16N6O2S/c24-16-12(21-17(25)22-16)6-9-8-18-23-14(19-10-3-4-10)7-11(20-15(9)23)13-2-1-5-26-13/h1,5-8,10,13,19H,2-4H2,(H2,21,22,24,25)/b12-6-. The van der Waals surface area contributed by atoms with E-state index in [4.69, 9.17) is 4.98 Å². The van der Waals surface area contributed by atoms with Gasteiger partial charge in [0.2, 0.25) is 0 Å². The van der Waals surface area contributed by atoms with E-state index in [1.165, 1.54) is 0 Å². The van der Waals surface area contributed by atoms with Crippen LogP contribution >= 0.6 is 11.8 Å². The van der Waals surface area contributed by atoms with Gasteiger partial charge in [0.15, 0.2) is 5.65 Å². The summed E-state index contributed by atoms with van der Waals surface area (Å²) < 4.78 is 1.76. The first-order chi connectivity index (χ1) is 12.7. The molecule has 1 saturated carbocycles. The molecule has 1 saturated heterocycles. The highest BCUT2D eigenvalue weighted by atomic mass is 32.2. The summed E-state index contributed by atoms with van der Waals surface area (Å²) in [6, 6.07) is 2.02. The van der Waals surface area contributed by atoms with Crippen molar-refractivity contribution >= 4 is 41.2 Å². The van der Waals surface area contributed by atoms with Crippen LogP contribution in [0.4, 0.5) is 10.6 Å². The molecule has 9 heteroatoms. The van der Waals surface area contributed by atoms with Crippen LogP contribution in [0.5, 0.6) is 0 Å². The Labute approximate surface area is 153 Å². The number of hydrogen-bond donors (Lipinski definition) is 3. The fraction of sp³-hybridized carbons (Fsp3) is 0.294. The van der Waals surface area contributed by atoms with Crippen LogP contribution in [0.2, 0.25) is 0 Å². The number of imide groups is 1. The van der Waals surface area contributed by atoms with E-state index in [1.54, 1.807) is 28.6 Å². The first-order valence-corrected chi connectivity index (χ1v) is 9.41. The summed E-state index contributed by atoms with van der Waals surface area (Å²) in [7, 11) is 0. The van der Waals surface area contributed by atoms with Crippen molar-refractivity contribution in [1.29, 1.82) is 0 Å². The minimum Gasteiger partial charge on any atom is -0.367 e. The number of nitrogens with one attached hydrogen (secondary N) is 3. The topological polar surface area (TPSA) is 100 Å². The molecule has 26 heavy (non-hydrogen) atoms. The number of thioether (sulfide) groups is 1. The Morgan fingerprint density at radius 1 is 1.31 bits per heavy atom. The molecule has 0 bridgehead atoms. The Balaban J connectivity index is 1.60. The Morgan fingerprint density at radius 2 is 2.19 bits per heavy atom. The molecule has 2 aromatic heterocycles. The minimum atomic E-state index is -0.518. The van der Waals surface area contributed by atoms with Crippen molar-refractivity contribution in [3.8, 4) is 0 Å². The fourth-order valence-corrected chi connectivity index (χ4v) is 3.91. The maximum Gasteiger partial charge on any atom is 0.326 e. The fourth-order valence-electron chi connectivity index (χ4n) is 3.02. The number of amides is 3. The van der Waals surface area contributed by atoms with Crippen molar-refractivity contribution in [3.63, 3.8) is 0 Å². The van der Waals surface area contributed by atoms with Gasteiger partial charge in [-0.05, 0) is 30.7 Å². The van der Waals surface area contributed by atoms with Crippen molar-refractivity contribution in [2.75, 3.05) is 5.32 Å². The zero-order chi connectivity index (χ0) is 17.7. The van der Waals surface area contributed by atoms with E-state index >= 15 is 0 Å². The van der Waals surface area contributed by atoms with Gasteiger partial charge in [-0.15, -0.1) is 11.8 Å². The number of nitrogens with zero attached hydrogens (tertiary/aromatic N) is 3. The maximum atomic E-state index is 11.8. The molecule has 1 aliphatic carbocycles. The molecule has 2 aromatic rings. The second-order valence-electron chi connectivity index (χ2n) is 6.52. The number of carbonyl (C=O) groups is 2. The Kier molecular flexibility index (Phi) is 3.49. The number of hydrogen-bond acceptors (Lipinski definition) is 6. The molecule has 132 valence electrons. The van der Waals surface area contributed by atoms with Crippen molar-refractivity contribution in [3.05, 3.63) is 40.7 Å². The Hall–Kier alpha value is -2.81. The molecule has 2 aliphatic heterocycles. The van der Waals surface area contributed by atoms with Crippen molar-refractivity contribution in [2.24, 2.45) is 0 Å². The van der Waals surface area contributed by atoms with Crippen LogP contribution in [-0.4, -0.2) is 32.6 Å². The Bertz CT molecular complexity index is 983. The quantitative estimate of drug-likeness (QED) is 0.565. The molecule has 3 aliphatic rings. The predicted molar refractivity (Wildman–Crippen MR) is 98.4 cm³/mol. The summed E-state index contributed by atoms with van der Waals surface area (Å²) in [6.45, 7) is 0. The van der Waals surface area contributed by atoms with Crippen LogP contribution in [0, 0.1) is 0 Å². The zero-order valence-electron chi connectivity index (χ0n) is 13.7. The first-order valence-electron chi connectivity index (χ1n) is 8.47. The monoisotopic (exact) mass is 368 g/mol. The van der Waals surface area contributed by atoms with Crippen molar-refractivity contribution < 1.29 is 9.59 Å². The van der Waals surface area contributed by atoms with Crippen LogP contribution in [0.25, 0.3) is 11.7 Å². The number of rotatable bonds is 4. The lowest BCUT2D eigenvalue weighted by molar-refractivity contribution is -0.115. The molecule has 2 fully saturated rings. The van der Waals surface area contributed by atoms with E-state index in [0.717, 1.165) is 30.8 Å².